The molecule has 0 saturated heterocycles. The maximum Gasteiger partial charge on any atom is 0.240 e. The minimum Gasteiger partial charge on any atom is -0.318 e. The number of pyridine rings is 1. The zero-order valence-corrected chi connectivity index (χ0v) is 15.9. The van der Waals surface area contributed by atoms with Crippen LogP contribution in [0, 0.1) is 34.0 Å². The molecule has 3 aromatic rings. The van der Waals surface area contributed by atoms with E-state index in [0.717, 1.165) is 11.1 Å². The Kier molecular flexibility index (Phi) is 5.74. The van der Waals surface area contributed by atoms with Gasteiger partial charge in [0.05, 0.1) is 19.5 Å². The number of rotatable bonds is 5. The number of aromatic nitrogens is 1. The molecule has 0 fully saturated rings. The largest absolute Gasteiger partial charge is 0.318 e. The molecule has 29 heavy (non-hydrogen) atoms. The third kappa shape index (κ3) is 3.72. The quantitative estimate of drug-likeness (QED) is 0.731. The fourth-order valence-electron chi connectivity index (χ4n) is 3.49. The molecule has 6 heteroatoms. The summed E-state index contributed by atoms with van der Waals surface area (Å²) in [5, 5.41) is 28.5. The molecule has 2 aromatic carbocycles. The Morgan fingerprint density at radius 3 is 1.86 bits per heavy atom. The molecule has 0 unspecified atom stereocenters. The normalized spacial score (nSPS) is 10.0. The van der Waals surface area contributed by atoms with E-state index in [9.17, 15) is 15.8 Å². The van der Waals surface area contributed by atoms with Crippen LogP contribution in [0.4, 0.5) is 11.6 Å². The summed E-state index contributed by atoms with van der Waals surface area (Å²) in [6.07, 6.45) is -0.0765. The van der Waals surface area contributed by atoms with E-state index in [2.05, 4.69) is 11.1 Å². The van der Waals surface area contributed by atoms with Crippen molar-refractivity contribution in [1.82, 2.24) is 0 Å². The van der Waals surface area contributed by atoms with Crippen molar-refractivity contribution in [3.05, 3.63) is 88.5 Å². The molecule has 3 rings (SSSR count). The summed E-state index contributed by atoms with van der Waals surface area (Å²) in [6.45, 7) is 0. The zero-order valence-electron chi connectivity index (χ0n) is 15.9. The average molecular weight is 379 g/mol. The first-order valence-electron chi connectivity index (χ1n) is 8.99. The Balaban J connectivity index is 2.24. The van der Waals surface area contributed by atoms with E-state index in [1.54, 1.807) is 0 Å². The fraction of sp³-hybridized carbons (Fsp3) is 0.130. The van der Waals surface area contributed by atoms with Crippen LogP contribution in [0.1, 0.15) is 33.9 Å². The standard InChI is InChI=1S/C23H18N6/c1-29(21(16-8-4-2-5-9-16)17-10-6-3-7-11-17)23-20(15-26)18(12-13-24)19(14-25)22(27)28-23/h2-11,21H,12H2,1H3,(H2,27,28)/p+1. The highest BCUT2D eigenvalue weighted by Gasteiger charge is 2.30. The lowest BCUT2D eigenvalue weighted by atomic mass is 9.95. The number of aromatic amines is 1. The third-order valence-corrected chi connectivity index (χ3v) is 4.81. The van der Waals surface area contributed by atoms with Gasteiger partial charge in [0.2, 0.25) is 11.6 Å². The Bertz CT molecular complexity index is 1090. The SMILES string of the molecule is CN(c1[nH+]c(N)c(C#N)c(CC#N)c1C#N)C(c1ccccc1)c1ccccc1. The molecule has 0 aliphatic rings. The van der Waals surface area contributed by atoms with Crippen LogP contribution in [0.5, 0.6) is 0 Å². The summed E-state index contributed by atoms with van der Waals surface area (Å²) < 4.78 is 0. The number of nitrogens with one attached hydrogen (secondary N) is 1. The molecule has 140 valence electrons. The van der Waals surface area contributed by atoms with E-state index in [0.29, 0.717) is 11.4 Å². The van der Waals surface area contributed by atoms with E-state index in [4.69, 9.17) is 5.73 Å². The van der Waals surface area contributed by atoms with Crippen molar-refractivity contribution in [3.8, 4) is 18.2 Å². The summed E-state index contributed by atoms with van der Waals surface area (Å²) >= 11 is 0. The maximum atomic E-state index is 9.85. The summed E-state index contributed by atoms with van der Waals surface area (Å²) in [4.78, 5) is 4.93. The van der Waals surface area contributed by atoms with Crippen LogP contribution < -0.4 is 15.6 Å². The van der Waals surface area contributed by atoms with Gasteiger partial charge < -0.3 is 5.73 Å². The number of benzene rings is 2. The molecule has 0 atom stereocenters. The summed E-state index contributed by atoms with van der Waals surface area (Å²) in [6, 6.07) is 25.8. The number of nitrogens with two attached hydrogens (primary N) is 1. The molecule has 0 aliphatic carbocycles. The highest BCUT2D eigenvalue weighted by Crippen LogP contribution is 2.33. The van der Waals surface area contributed by atoms with Crippen LogP contribution in [0.15, 0.2) is 60.7 Å². The number of nitrogens with zero attached hydrogens (tertiary/aromatic N) is 4. The van der Waals surface area contributed by atoms with E-state index < -0.39 is 0 Å². The summed E-state index contributed by atoms with van der Waals surface area (Å²) in [5.74, 6) is 0.602. The fourth-order valence-corrected chi connectivity index (χ4v) is 3.49. The summed E-state index contributed by atoms with van der Waals surface area (Å²) in [7, 11) is 1.86. The number of nitriles is 3. The van der Waals surface area contributed by atoms with Crippen LogP contribution in [0.25, 0.3) is 0 Å². The van der Waals surface area contributed by atoms with Crippen LogP contribution in [-0.4, -0.2) is 7.05 Å². The van der Waals surface area contributed by atoms with Crippen LogP contribution in [-0.2, 0) is 6.42 Å². The highest BCUT2D eigenvalue weighted by atomic mass is 15.2. The number of hydrogen-bond acceptors (Lipinski definition) is 5. The molecule has 0 bridgehead atoms. The van der Waals surface area contributed by atoms with Crippen LogP contribution >= 0.6 is 0 Å². The number of nitrogen functional groups attached to an aromatic ring is 1. The molecule has 0 radical (unpaired) electrons. The van der Waals surface area contributed by atoms with Gasteiger partial charge in [-0.15, -0.1) is 0 Å². The van der Waals surface area contributed by atoms with Crippen LogP contribution in [0.3, 0.4) is 0 Å². The van der Waals surface area contributed by atoms with Crippen LogP contribution in [0.2, 0.25) is 0 Å². The topological polar surface area (TPSA) is 115 Å². The highest BCUT2D eigenvalue weighted by molar-refractivity contribution is 5.65. The molecule has 3 N–H and O–H groups in total. The van der Waals surface area contributed by atoms with Gasteiger partial charge in [-0.25, -0.2) is 4.98 Å². The second-order valence-corrected chi connectivity index (χ2v) is 6.51. The smallest absolute Gasteiger partial charge is 0.240 e. The zero-order chi connectivity index (χ0) is 20.8. The van der Waals surface area contributed by atoms with E-state index in [-0.39, 0.29) is 29.4 Å². The van der Waals surface area contributed by atoms with Crippen molar-refractivity contribution in [2.45, 2.75) is 12.5 Å². The van der Waals surface area contributed by atoms with Gasteiger partial charge in [-0.1, -0.05) is 60.7 Å². The van der Waals surface area contributed by atoms with E-state index in [1.165, 1.54) is 0 Å². The second kappa shape index (κ2) is 8.57. The van der Waals surface area contributed by atoms with Gasteiger partial charge in [0.15, 0.2) is 0 Å². The molecule has 0 spiro atoms. The lowest BCUT2D eigenvalue weighted by molar-refractivity contribution is -0.347. The first kappa shape index (κ1) is 19.4. The van der Waals surface area contributed by atoms with Gasteiger partial charge in [-0.05, 0) is 11.1 Å². The van der Waals surface area contributed by atoms with Gasteiger partial charge in [-0.2, -0.15) is 15.8 Å². The predicted octanol–water partition coefficient (Wildman–Crippen LogP) is 3.12. The van der Waals surface area contributed by atoms with E-state index in [1.807, 2.05) is 84.7 Å². The van der Waals surface area contributed by atoms with Crippen molar-refractivity contribution in [3.63, 3.8) is 0 Å². The second-order valence-electron chi connectivity index (χ2n) is 6.51. The van der Waals surface area contributed by atoms with Gasteiger partial charge in [-0.3, -0.25) is 4.90 Å². The Hall–Kier alpha value is -4.34. The molecule has 0 aliphatic heterocycles. The molecule has 6 nitrogen and oxygen atoms in total. The molecule has 1 heterocycles. The van der Waals surface area contributed by atoms with Crippen molar-refractivity contribution < 1.29 is 4.98 Å². The molecule has 0 saturated carbocycles. The van der Waals surface area contributed by atoms with Crippen molar-refractivity contribution >= 4 is 11.6 Å². The molecular formula is C23H19N6+. The number of hydrogen-bond donors (Lipinski definition) is 1. The molecular weight excluding hydrogens is 360 g/mol. The minimum absolute atomic E-state index is 0.0765. The average Bonchev–Trinajstić information content (AvgIpc) is 2.75. The van der Waals surface area contributed by atoms with Crippen molar-refractivity contribution in [2.24, 2.45) is 0 Å². The Morgan fingerprint density at radius 1 is 0.897 bits per heavy atom. The predicted molar refractivity (Wildman–Crippen MR) is 109 cm³/mol. The minimum atomic E-state index is -0.206. The third-order valence-electron chi connectivity index (χ3n) is 4.81. The van der Waals surface area contributed by atoms with Gasteiger partial charge in [0.1, 0.15) is 29.3 Å². The maximum absolute atomic E-state index is 9.85. The Morgan fingerprint density at radius 2 is 1.41 bits per heavy atom. The molecule has 1 aromatic heterocycles. The van der Waals surface area contributed by atoms with Gasteiger partial charge >= 0.3 is 0 Å². The van der Waals surface area contributed by atoms with Gasteiger partial charge in [0, 0.05) is 5.56 Å². The van der Waals surface area contributed by atoms with Crippen molar-refractivity contribution in [1.29, 1.82) is 15.8 Å². The van der Waals surface area contributed by atoms with E-state index >= 15 is 0 Å². The molecule has 0 amide bonds. The summed E-state index contributed by atoms with van der Waals surface area (Å²) in [5.41, 5.74) is 8.87. The number of H-pyrrole nitrogens is 1. The van der Waals surface area contributed by atoms with Crippen molar-refractivity contribution in [2.75, 3.05) is 17.7 Å². The first-order valence-corrected chi connectivity index (χ1v) is 8.99. The van der Waals surface area contributed by atoms with Gasteiger partial charge in [0.25, 0.3) is 0 Å². The lowest BCUT2D eigenvalue weighted by Crippen LogP contribution is -2.33. The number of anilines is 2. The monoisotopic (exact) mass is 379 g/mol. The lowest BCUT2D eigenvalue weighted by Gasteiger charge is -2.27. The first-order chi connectivity index (χ1) is 14.1. The Labute approximate surface area is 169 Å².